The summed E-state index contributed by atoms with van der Waals surface area (Å²) < 4.78 is 28.0. The standard InChI is InChI=1S/C10H16N4O2S2/c1-4-6-17-7-5-12-18(15,16)9-8(2)14(3)13-10(9)11/h1,12H,5-7H2,2-3H3,(H2,11,13). The molecule has 1 aromatic heterocycles. The fourth-order valence-corrected chi connectivity index (χ4v) is 3.39. The first-order valence-electron chi connectivity index (χ1n) is 5.20. The lowest BCUT2D eigenvalue weighted by molar-refractivity contribution is 0.583. The maximum absolute atomic E-state index is 12.0. The number of aryl methyl sites for hydroxylation is 1. The van der Waals surface area contributed by atoms with Crippen molar-refractivity contribution in [1.29, 1.82) is 0 Å². The lowest BCUT2D eigenvalue weighted by atomic mass is 10.5. The maximum atomic E-state index is 12.0. The molecule has 1 rings (SSSR count). The highest BCUT2D eigenvalue weighted by Crippen LogP contribution is 2.20. The van der Waals surface area contributed by atoms with E-state index >= 15 is 0 Å². The number of hydrogen-bond donors (Lipinski definition) is 2. The van der Waals surface area contributed by atoms with E-state index in [-0.39, 0.29) is 10.7 Å². The number of nitrogen functional groups attached to an aromatic ring is 1. The summed E-state index contributed by atoms with van der Waals surface area (Å²) in [6.45, 7) is 1.97. The van der Waals surface area contributed by atoms with E-state index in [1.54, 1.807) is 14.0 Å². The van der Waals surface area contributed by atoms with E-state index in [1.165, 1.54) is 16.4 Å². The molecule has 0 unspecified atom stereocenters. The van der Waals surface area contributed by atoms with Crippen molar-refractivity contribution >= 4 is 27.6 Å². The molecule has 18 heavy (non-hydrogen) atoms. The van der Waals surface area contributed by atoms with Crippen LogP contribution in [-0.2, 0) is 17.1 Å². The average molecular weight is 288 g/mol. The zero-order valence-electron chi connectivity index (χ0n) is 10.3. The van der Waals surface area contributed by atoms with Gasteiger partial charge in [-0.05, 0) is 6.92 Å². The number of terminal acetylenes is 1. The van der Waals surface area contributed by atoms with Crippen molar-refractivity contribution in [2.24, 2.45) is 7.05 Å². The Balaban J connectivity index is 2.72. The predicted octanol–water partition coefficient (Wildman–Crippen LogP) is -0.0446. The van der Waals surface area contributed by atoms with E-state index in [4.69, 9.17) is 12.2 Å². The van der Waals surface area contributed by atoms with E-state index in [0.717, 1.165) is 0 Å². The number of anilines is 1. The third-order valence-electron chi connectivity index (χ3n) is 2.30. The van der Waals surface area contributed by atoms with Gasteiger partial charge in [0.25, 0.3) is 0 Å². The zero-order chi connectivity index (χ0) is 13.8. The van der Waals surface area contributed by atoms with Crippen LogP contribution in [0.4, 0.5) is 5.82 Å². The number of nitrogens with two attached hydrogens (primary N) is 1. The summed E-state index contributed by atoms with van der Waals surface area (Å²) in [4.78, 5) is 0.0481. The topological polar surface area (TPSA) is 90.0 Å². The SMILES string of the molecule is C#CCSCCNS(=O)(=O)c1c(N)nn(C)c1C. The minimum absolute atomic E-state index is 0.0128. The Labute approximate surface area is 111 Å². The summed E-state index contributed by atoms with van der Waals surface area (Å²) >= 11 is 1.49. The Morgan fingerprint density at radius 2 is 2.28 bits per heavy atom. The molecule has 0 fully saturated rings. The van der Waals surface area contributed by atoms with Crippen LogP contribution in [0.25, 0.3) is 0 Å². The first kappa shape index (κ1) is 14.9. The second-order valence-electron chi connectivity index (χ2n) is 3.58. The number of aromatic nitrogens is 2. The molecule has 1 aromatic rings. The number of thioether (sulfide) groups is 1. The lowest BCUT2D eigenvalue weighted by Crippen LogP contribution is -2.27. The van der Waals surface area contributed by atoms with Gasteiger partial charge in [0.05, 0.1) is 11.4 Å². The van der Waals surface area contributed by atoms with Gasteiger partial charge in [0.15, 0.2) is 5.82 Å². The Bertz CT molecular complexity index is 557. The predicted molar refractivity (Wildman–Crippen MR) is 73.7 cm³/mol. The van der Waals surface area contributed by atoms with Crippen LogP contribution in [-0.4, -0.2) is 36.2 Å². The maximum Gasteiger partial charge on any atom is 0.246 e. The average Bonchev–Trinajstić information content (AvgIpc) is 2.53. The molecule has 6 nitrogen and oxygen atoms in total. The van der Waals surface area contributed by atoms with Crippen LogP contribution in [0.2, 0.25) is 0 Å². The third-order valence-corrected chi connectivity index (χ3v) is 4.79. The quantitative estimate of drug-likeness (QED) is 0.566. The van der Waals surface area contributed by atoms with Crippen molar-refractivity contribution in [3.8, 4) is 12.3 Å². The first-order chi connectivity index (χ1) is 8.40. The van der Waals surface area contributed by atoms with Crippen molar-refractivity contribution in [3.05, 3.63) is 5.69 Å². The number of nitrogens with zero attached hydrogens (tertiary/aromatic N) is 2. The van der Waals surface area contributed by atoms with Crippen LogP contribution < -0.4 is 10.5 Å². The van der Waals surface area contributed by atoms with Crippen LogP contribution in [0.1, 0.15) is 5.69 Å². The number of sulfonamides is 1. The van der Waals surface area contributed by atoms with Gasteiger partial charge in [-0.25, -0.2) is 13.1 Å². The number of rotatable bonds is 6. The Hall–Kier alpha value is -1.17. The molecule has 3 N–H and O–H groups in total. The van der Waals surface area contributed by atoms with Gasteiger partial charge in [0.2, 0.25) is 10.0 Å². The summed E-state index contributed by atoms with van der Waals surface area (Å²) in [6.07, 6.45) is 5.09. The minimum Gasteiger partial charge on any atom is -0.381 e. The smallest absolute Gasteiger partial charge is 0.246 e. The van der Waals surface area contributed by atoms with Crippen LogP contribution >= 0.6 is 11.8 Å². The summed E-state index contributed by atoms with van der Waals surface area (Å²) in [7, 11) is -1.96. The van der Waals surface area contributed by atoms with Crippen molar-refractivity contribution in [2.45, 2.75) is 11.8 Å². The summed E-state index contributed by atoms with van der Waals surface area (Å²) in [6, 6.07) is 0. The minimum atomic E-state index is -3.61. The molecule has 0 saturated heterocycles. The summed E-state index contributed by atoms with van der Waals surface area (Å²) in [5.74, 6) is 3.66. The molecular weight excluding hydrogens is 272 g/mol. The fraction of sp³-hybridized carbons (Fsp3) is 0.500. The van der Waals surface area contributed by atoms with Gasteiger partial charge >= 0.3 is 0 Å². The van der Waals surface area contributed by atoms with Crippen molar-refractivity contribution in [1.82, 2.24) is 14.5 Å². The molecule has 0 aliphatic heterocycles. The molecule has 0 saturated carbocycles. The molecule has 100 valence electrons. The van der Waals surface area contributed by atoms with E-state index < -0.39 is 10.0 Å². The van der Waals surface area contributed by atoms with E-state index in [0.29, 0.717) is 23.7 Å². The molecule has 8 heteroatoms. The monoisotopic (exact) mass is 288 g/mol. The van der Waals surface area contributed by atoms with Crippen LogP contribution in [0.3, 0.4) is 0 Å². The largest absolute Gasteiger partial charge is 0.381 e. The molecule has 0 spiro atoms. The van der Waals surface area contributed by atoms with Crippen molar-refractivity contribution < 1.29 is 8.42 Å². The molecule has 0 aliphatic rings. The fourth-order valence-electron chi connectivity index (χ4n) is 1.40. The lowest BCUT2D eigenvalue weighted by Gasteiger charge is -2.06. The van der Waals surface area contributed by atoms with E-state index in [1.807, 2.05) is 0 Å². The molecular formula is C10H16N4O2S2. The highest BCUT2D eigenvalue weighted by atomic mass is 32.2. The summed E-state index contributed by atoms with van der Waals surface area (Å²) in [5.41, 5.74) is 6.11. The molecule has 0 aliphatic carbocycles. The molecule has 0 radical (unpaired) electrons. The second kappa shape index (κ2) is 6.13. The Morgan fingerprint density at radius 1 is 1.61 bits per heavy atom. The molecule has 1 heterocycles. The van der Waals surface area contributed by atoms with E-state index in [2.05, 4.69) is 15.7 Å². The number of nitrogens with one attached hydrogen (secondary N) is 1. The normalized spacial score (nSPS) is 11.4. The highest BCUT2D eigenvalue weighted by molar-refractivity contribution is 7.99. The summed E-state index contributed by atoms with van der Waals surface area (Å²) in [5, 5.41) is 3.88. The van der Waals surface area contributed by atoms with E-state index in [9.17, 15) is 8.42 Å². The Morgan fingerprint density at radius 3 is 2.78 bits per heavy atom. The van der Waals surface area contributed by atoms with Crippen molar-refractivity contribution in [2.75, 3.05) is 23.8 Å². The molecule has 0 amide bonds. The van der Waals surface area contributed by atoms with Gasteiger partial charge in [0.1, 0.15) is 4.90 Å². The van der Waals surface area contributed by atoms with Gasteiger partial charge in [0, 0.05) is 19.3 Å². The van der Waals surface area contributed by atoms with Crippen LogP contribution in [0.15, 0.2) is 4.90 Å². The van der Waals surface area contributed by atoms with Gasteiger partial charge in [-0.3, -0.25) is 4.68 Å². The van der Waals surface area contributed by atoms with Gasteiger partial charge in [-0.2, -0.15) is 5.10 Å². The third kappa shape index (κ3) is 3.41. The van der Waals surface area contributed by atoms with Crippen LogP contribution in [0.5, 0.6) is 0 Å². The molecule has 0 aromatic carbocycles. The number of hydrogen-bond acceptors (Lipinski definition) is 5. The zero-order valence-corrected chi connectivity index (χ0v) is 11.9. The second-order valence-corrected chi connectivity index (χ2v) is 6.39. The molecule has 0 bridgehead atoms. The van der Waals surface area contributed by atoms with Crippen LogP contribution in [0, 0.1) is 19.3 Å². The highest BCUT2D eigenvalue weighted by Gasteiger charge is 2.23. The van der Waals surface area contributed by atoms with Gasteiger partial charge in [-0.1, -0.05) is 5.92 Å². The Kier molecular flexibility index (Phi) is 5.07. The first-order valence-corrected chi connectivity index (χ1v) is 7.84. The molecule has 0 atom stereocenters. The van der Waals surface area contributed by atoms with Gasteiger partial charge < -0.3 is 5.73 Å². The van der Waals surface area contributed by atoms with Gasteiger partial charge in [-0.15, -0.1) is 18.2 Å². The van der Waals surface area contributed by atoms with Crippen molar-refractivity contribution in [3.63, 3.8) is 0 Å².